The molecular formula is C11H21NO3S. The van der Waals surface area contributed by atoms with Crippen LogP contribution in [0.25, 0.3) is 0 Å². The molecule has 0 heterocycles. The molecule has 2 unspecified atom stereocenters. The standard InChI is InChI=1S/C11H21NO3S/c1-8(16-7-10(14)6-13)11(15)12-9-4-2-3-5-9/h8-10,13-14H,2-7H2,1H3,(H,12,15). The Morgan fingerprint density at radius 3 is 2.69 bits per heavy atom. The molecule has 1 aliphatic rings. The van der Waals surface area contributed by atoms with E-state index in [-0.39, 0.29) is 17.8 Å². The van der Waals surface area contributed by atoms with Crippen LogP contribution in [0.5, 0.6) is 0 Å². The number of carbonyl (C=O) groups is 1. The van der Waals surface area contributed by atoms with Gasteiger partial charge in [0.2, 0.25) is 5.91 Å². The molecule has 94 valence electrons. The fraction of sp³-hybridized carbons (Fsp3) is 0.909. The van der Waals surface area contributed by atoms with Gasteiger partial charge in [-0.1, -0.05) is 12.8 Å². The van der Waals surface area contributed by atoms with Crippen LogP contribution in [-0.2, 0) is 4.79 Å². The van der Waals surface area contributed by atoms with Gasteiger partial charge in [0, 0.05) is 11.8 Å². The second-order valence-corrected chi connectivity index (χ2v) is 5.68. The van der Waals surface area contributed by atoms with Crippen LogP contribution in [0.4, 0.5) is 0 Å². The van der Waals surface area contributed by atoms with Gasteiger partial charge in [-0.25, -0.2) is 0 Å². The Labute approximate surface area is 101 Å². The topological polar surface area (TPSA) is 69.6 Å². The summed E-state index contributed by atoms with van der Waals surface area (Å²) in [6.45, 7) is 1.59. The molecule has 1 aliphatic carbocycles. The molecule has 2 atom stereocenters. The molecule has 5 heteroatoms. The predicted octanol–water partition coefficient (Wildman–Crippen LogP) is 0.520. The third-order valence-corrected chi connectivity index (χ3v) is 4.11. The van der Waals surface area contributed by atoms with Gasteiger partial charge in [-0.2, -0.15) is 0 Å². The number of carbonyl (C=O) groups excluding carboxylic acids is 1. The van der Waals surface area contributed by atoms with Crippen LogP contribution in [0.2, 0.25) is 0 Å². The lowest BCUT2D eigenvalue weighted by molar-refractivity contribution is -0.120. The normalized spacial score (nSPS) is 20.7. The molecule has 0 spiro atoms. The Morgan fingerprint density at radius 1 is 1.50 bits per heavy atom. The molecule has 0 saturated heterocycles. The van der Waals surface area contributed by atoms with Gasteiger partial charge in [0.25, 0.3) is 0 Å². The maximum atomic E-state index is 11.7. The van der Waals surface area contributed by atoms with Crippen molar-refractivity contribution in [2.75, 3.05) is 12.4 Å². The monoisotopic (exact) mass is 247 g/mol. The van der Waals surface area contributed by atoms with Crippen molar-refractivity contribution in [1.82, 2.24) is 5.32 Å². The van der Waals surface area contributed by atoms with Gasteiger partial charge in [-0.3, -0.25) is 4.79 Å². The number of thioether (sulfide) groups is 1. The fourth-order valence-electron chi connectivity index (χ4n) is 1.77. The SMILES string of the molecule is CC(SCC(O)CO)C(=O)NC1CCCC1. The van der Waals surface area contributed by atoms with E-state index in [1.54, 1.807) is 0 Å². The summed E-state index contributed by atoms with van der Waals surface area (Å²) in [5.41, 5.74) is 0. The van der Waals surface area contributed by atoms with Crippen molar-refractivity contribution in [3.05, 3.63) is 0 Å². The zero-order valence-electron chi connectivity index (χ0n) is 9.69. The van der Waals surface area contributed by atoms with Crippen LogP contribution in [0.1, 0.15) is 32.6 Å². The molecule has 0 aliphatic heterocycles. The Balaban J connectivity index is 2.19. The Kier molecular flexibility index (Phi) is 6.16. The van der Waals surface area contributed by atoms with Crippen molar-refractivity contribution in [1.29, 1.82) is 0 Å². The lowest BCUT2D eigenvalue weighted by Gasteiger charge is -2.17. The minimum atomic E-state index is -0.730. The Hall–Kier alpha value is -0.260. The molecule has 0 radical (unpaired) electrons. The van der Waals surface area contributed by atoms with Crippen molar-refractivity contribution in [2.24, 2.45) is 0 Å². The van der Waals surface area contributed by atoms with E-state index in [1.165, 1.54) is 24.6 Å². The number of amides is 1. The summed E-state index contributed by atoms with van der Waals surface area (Å²) in [7, 11) is 0. The second-order valence-electron chi connectivity index (χ2n) is 4.30. The third kappa shape index (κ3) is 4.72. The summed E-state index contributed by atoms with van der Waals surface area (Å²) < 4.78 is 0. The molecule has 0 aromatic rings. The van der Waals surface area contributed by atoms with Gasteiger partial charge in [-0.05, 0) is 19.8 Å². The lowest BCUT2D eigenvalue weighted by Crippen LogP contribution is -2.38. The molecule has 0 aromatic heterocycles. The van der Waals surface area contributed by atoms with Crippen molar-refractivity contribution in [3.63, 3.8) is 0 Å². The van der Waals surface area contributed by atoms with Gasteiger partial charge < -0.3 is 15.5 Å². The molecular weight excluding hydrogens is 226 g/mol. The highest BCUT2D eigenvalue weighted by Crippen LogP contribution is 2.19. The van der Waals surface area contributed by atoms with Crippen LogP contribution in [0, 0.1) is 0 Å². The second kappa shape index (κ2) is 7.14. The van der Waals surface area contributed by atoms with Gasteiger partial charge >= 0.3 is 0 Å². The van der Waals surface area contributed by atoms with Crippen LogP contribution >= 0.6 is 11.8 Å². The molecule has 0 bridgehead atoms. The van der Waals surface area contributed by atoms with E-state index in [4.69, 9.17) is 5.11 Å². The van der Waals surface area contributed by atoms with Crippen molar-refractivity contribution >= 4 is 17.7 Å². The number of rotatable bonds is 6. The highest BCUT2D eigenvalue weighted by molar-refractivity contribution is 8.00. The van der Waals surface area contributed by atoms with Crippen molar-refractivity contribution in [2.45, 2.75) is 50.0 Å². The molecule has 16 heavy (non-hydrogen) atoms. The highest BCUT2D eigenvalue weighted by Gasteiger charge is 2.21. The van der Waals surface area contributed by atoms with Gasteiger partial charge in [0.1, 0.15) is 0 Å². The molecule has 0 aromatic carbocycles. The first-order chi connectivity index (χ1) is 7.63. The highest BCUT2D eigenvalue weighted by atomic mass is 32.2. The van der Waals surface area contributed by atoms with E-state index in [1.807, 2.05) is 6.92 Å². The van der Waals surface area contributed by atoms with E-state index >= 15 is 0 Å². The van der Waals surface area contributed by atoms with E-state index in [2.05, 4.69) is 5.32 Å². The summed E-state index contributed by atoms with van der Waals surface area (Å²) in [5, 5.41) is 20.7. The largest absolute Gasteiger partial charge is 0.394 e. The van der Waals surface area contributed by atoms with Gasteiger partial charge in [0.05, 0.1) is 18.0 Å². The summed E-state index contributed by atoms with van der Waals surface area (Å²) in [5.74, 6) is 0.442. The smallest absolute Gasteiger partial charge is 0.233 e. The first kappa shape index (κ1) is 13.8. The zero-order valence-corrected chi connectivity index (χ0v) is 10.5. The Morgan fingerprint density at radius 2 is 2.12 bits per heavy atom. The maximum Gasteiger partial charge on any atom is 0.233 e. The minimum absolute atomic E-state index is 0.0436. The van der Waals surface area contributed by atoms with E-state index in [0.717, 1.165) is 12.8 Å². The predicted molar refractivity (Wildman–Crippen MR) is 65.4 cm³/mol. The number of aliphatic hydroxyl groups excluding tert-OH is 2. The van der Waals surface area contributed by atoms with Crippen molar-refractivity contribution in [3.8, 4) is 0 Å². The molecule has 1 saturated carbocycles. The minimum Gasteiger partial charge on any atom is -0.394 e. The lowest BCUT2D eigenvalue weighted by atomic mass is 10.2. The summed E-state index contributed by atoms with van der Waals surface area (Å²) in [4.78, 5) is 11.7. The maximum absolute atomic E-state index is 11.7. The quantitative estimate of drug-likeness (QED) is 0.640. The summed E-state index contributed by atoms with van der Waals surface area (Å²) in [6, 6.07) is 0.346. The summed E-state index contributed by atoms with van der Waals surface area (Å²) >= 11 is 1.38. The number of hydrogen-bond donors (Lipinski definition) is 3. The Bertz CT molecular complexity index is 219. The first-order valence-electron chi connectivity index (χ1n) is 5.84. The van der Waals surface area contributed by atoms with Gasteiger partial charge in [0.15, 0.2) is 0 Å². The molecule has 1 rings (SSSR count). The van der Waals surface area contributed by atoms with Crippen LogP contribution in [0.3, 0.4) is 0 Å². The van der Waals surface area contributed by atoms with E-state index < -0.39 is 6.10 Å². The first-order valence-corrected chi connectivity index (χ1v) is 6.89. The molecule has 1 fully saturated rings. The molecule has 3 N–H and O–H groups in total. The van der Waals surface area contributed by atoms with Crippen LogP contribution < -0.4 is 5.32 Å². The van der Waals surface area contributed by atoms with Crippen molar-refractivity contribution < 1.29 is 15.0 Å². The fourth-order valence-corrected chi connectivity index (χ4v) is 2.61. The van der Waals surface area contributed by atoms with Crippen LogP contribution in [-0.4, -0.2) is 45.9 Å². The van der Waals surface area contributed by atoms with Gasteiger partial charge in [-0.15, -0.1) is 11.8 Å². The summed E-state index contributed by atoms with van der Waals surface area (Å²) in [6.07, 6.45) is 3.85. The molecule has 4 nitrogen and oxygen atoms in total. The molecule has 1 amide bonds. The van der Waals surface area contributed by atoms with E-state index in [9.17, 15) is 9.90 Å². The number of aliphatic hydroxyl groups is 2. The average molecular weight is 247 g/mol. The third-order valence-electron chi connectivity index (χ3n) is 2.82. The average Bonchev–Trinajstić information content (AvgIpc) is 2.77. The van der Waals surface area contributed by atoms with E-state index in [0.29, 0.717) is 11.8 Å². The van der Waals surface area contributed by atoms with Crippen LogP contribution in [0.15, 0.2) is 0 Å². The zero-order chi connectivity index (χ0) is 12.0. The number of nitrogens with one attached hydrogen (secondary N) is 1. The number of hydrogen-bond acceptors (Lipinski definition) is 4.